The highest BCUT2D eigenvalue weighted by Gasteiger charge is 2.38. The van der Waals surface area contributed by atoms with Crippen LogP contribution in [-0.2, 0) is 15.0 Å². The fourth-order valence-corrected chi connectivity index (χ4v) is 5.09. The van der Waals surface area contributed by atoms with E-state index >= 15 is 0 Å². The Morgan fingerprint density at radius 2 is 1.65 bits per heavy atom. The van der Waals surface area contributed by atoms with Crippen molar-refractivity contribution in [3.05, 3.63) is 95.1 Å². The van der Waals surface area contributed by atoms with Crippen LogP contribution < -0.4 is 22.1 Å². The molecule has 0 radical (unpaired) electrons. The third-order valence-corrected chi connectivity index (χ3v) is 7.11. The van der Waals surface area contributed by atoms with Crippen LogP contribution in [0.15, 0.2) is 72.8 Å². The molecule has 1 saturated heterocycles. The zero-order valence-corrected chi connectivity index (χ0v) is 22.5. The largest absolute Gasteiger partial charge is 0.465 e. The number of carbonyl (C=O) groups is 3. The zero-order valence-electron chi connectivity index (χ0n) is 22.5. The van der Waals surface area contributed by atoms with Gasteiger partial charge in [0.15, 0.2) is 0 Å². The van der Waals surface area contributed by atoms with Gasteiger partial charge in [0.2, 0.25) is 0 Å². The Balaban J connectivity index is 1.72. The molecule has 0 aliphatic carbocycles. The average molecular weight is 546 g/mol. The van der Waals surface area contributed by atoms with Gasteiger partial charge in [0.25, 0.3) is 5.91 Å². The Morgan fingerprint density at radius 1 is 0.975 bits per heavy atom. The van der Waals surface area contributed by atoms with E-state index in [2.05, 4.69) is 15.5 Å². The number of para-hydroxylation sites is 2. The number of amides is 3. The molecule has 0 spiro atoms. The van der Waals surface area contributed by atoms with Crippen LogP contribution in [0.3, 0.4) is 0 Å². The van der Waals surface area contributed by atoms with E-state index in [9.17, 15) is 14.4 Å². The summed E-state index contributed by atoms with van der Waals surface area (Å²) in [5.41, 5.74) is 13.4. The number of carbonyl (C=O) groups excluding carboxylic acids is 3. The van der Waals surface area contributed by atoms with E-state index in [4.69, 9.17) is 20.9 Å². The molecule has 1 heterocycles. The molecular formula is C30H35N5O5. The molecule has 6 N–H and O–H groups in total. The summed E-state index contributed by atoms with van der Waals surface area (Å²) < 4.78 is 10.5. The van der Waals surface area contributed by atoms with Crippen LogP contribution in [0, 0.1) is 0 Å². The lowest BCUT2D eigenvalue weighted by atomic mass is 9.76. The minimum Gasteiger partial charge on any atom is -0.465 e. The number of nitrogens with two attached hydrogens (primary N) is 2. The first kappa shape index (κ1) is 28.6. The molecule has 0 aromatic heterocycles. The fraction of sp³-hybridized carbons (Fsp3) is 0.300. The summed E-state index contributed by atoms with van der Waals surface area (Å²) in [6.07, 6.45) is 1.12. The van der Waals surface area contributed by atoms with Gasteiger partial charge < -0.3 is 31.6 Å². The fourth-order valence-electron chi connectivity index (χ4n) is 5.09. The monoisotopic (exact) mass is 545 g/mol. The van der Waals surface area contributed by atoms with Crippen molar-refractivity contribution in [1.29, 1.82) is 0 Å². The van der Waals surface area contributed by atoms with Crippen molar-refractivity contribution in [3.63, 3.8) is 0 Å². The predicted octanol–water partition coefficient (Wildman–Crippen LogP) is 3.33. The molecule has 1 aliphatic rings. The van der Waals surface area contributed by atoms with Crippen LogP contribution in [-0.4, -0.2) is 62.8 Å². The lowest BCUT2D eigenvalue weighted by molar-refractivity contribution is 0.0364. The van der Waals surface area contributed by atoms with Gasteiger partial charge in [-0.15, -0.1) is 0 Å². The Morgan fingerprint density at radius 3 is 2.33 bits per heavy atom. The van der Waals surface area contributed by atoms with Crippen molar-refractivity contribution in [2.75, 3.05) is 51.0 Å². The van der Waals surface area contributed by atoms with Gasteiger partial charge >= 0.3 is 12.0 Å². The molecule has 3 amide bonds. The van der Waals surface area contributed by atoms with E-state index in [1.165, 1.54) is 7.11 Å². The van der Waals surface area contributed by atoms with Crippen LogP contribution in [0.25, 0.3) is 0 Å². The predicted molar refractivity (Wildman–Crippen MR) is 153 cm³/mol. The second-order valence-corrected chi connectivity index (χ2v) is 9.61. The smallest absolute Gasteiger partial charge is 0.338 e. The van der Waals surface area contributed by atoms with Gasteiger partial charge in [-0.1, -0.05) is 42.5 Å². The standard InChI is InChI=1S/C30H35N5O5/c1-39-28(37)23-7-2-3-8-24(23)30(34-29(32)38,15-6-16-35-17-19-40-20-18-35)22-13-11-21(12-14-22)27(36)33-26-10-5-4-9-25(26)31/h2-5,7-14H,6,15-20,31H2,1H3,(H,33,36)(H3,32,34,38). The molecule has 4 rings (SSSR count). The van der Waals surface area contributed by atoms with Gasteiger partial charge in [0, 0.05) is 18.7 Å². The quantitative estimate of drug-likeness (QED) is 0.225. The van der Waals surface area contributed by atoms with Crippen LogP contribution in [0.5, 0.6) is 0 Å². The summed E-state index contributed by atoms with van der Waals surface area (Å²) in [6.45, 7) is 3.77. The minimum absolute atomic E-state index is 0.312. The van der Waals surface area contributed by atoms with E-state index in [1.54, 1.807) is 72.8 Å². The first-order valence-corrected chi connectivity index (χ1v) is 13.2. The molecule has 1 atom stereocenters. The van der Waals surface area contributed by atoms with Crippen LogP contribution in [0.2, 0.25) is 0 Å². The highest BCUT2D eigenvalue weighted by Crippen LogP contribution is 2.37. The van der Waals surface area contributed by atoms with Crippen molar-refractivity contribution in [2.45, 2.75) is 18.4 Å². The first-order valence-electron chi connectivity index (χ1n) is 13.2. The summed E-state index contributed by atoms with van der Waals surface area (Å²) in [4.78, 5) is 40.6. The number of morpholine rings is 1. The molecule has 210 valence electrons. The Bertz CT molecular complexity index is 1340. The number of rotatable bonds is 10. The number of nitrogen functional groups attached to an aromatic ring is 1. The zero-order chi connectivity index (χ0) is 28.5. The number of nitrogens with one attached hydrogen (secondary N) is 2. The molecule has 3 aromatic carbocycles. The number of ether oxygens (including phenoxy) is 2. The van der Waals surface area contributed by atoms with Crippen molar-refractivity contribution in [2.24, 2.45) is 5.73 Å². The van der Waals surface area contributed by atoms with Crippen molar-refractivity contribution >= 4 is 29.3 Å². The summed E-state index contributed by atoms with van der Waals surface area (Å²) >= 11 is 0. The van der Waals surface area contributed by atoms with Crippen molar-refractivity contribution < 1.29 is 23.9 Å². The second kappa shape index (κ2) is 13.1. The van der Waals surface area contributed by atoms with Gasteiger partial charge in [-0.25, -0.2) is 9.59 Å². The van der Waals surface area contributed by atoms with Gasteiger partial charge in [0.1, 0.15) is 0 Å². The van der Waals surface area contributed by atoms with Gasteiger partial charge in [-0.05, 0) is 60.8 Å². The van der Waals surface area contributed by atoms with E-state index in [1.807, 2.05) is 0 Å². The van der Waals surface area contributed by atoms with Gasteiger partial charge in [-0.2, -0.15) is 0 Å². The third kappa shape index (κ3) is 6.59. The third-order valence-electron chi connectivity index (χ3n) is 7.11. The van der Waals surface area contributed by atoms with Crippen LogP contribution in [0.4, 0.5) is 16.2 Å². The number of hydrogen-bond donors (Lipinski definition) is 4. The maximum atomic E-state index is 13.0. The number of esters is 1. The number of anilines is 2. The van der Waals surface area contributed by atoms with Gasteiger partial charge in [0.05, 0.1) is 42.8 Å². The van der Waals surface area contributed by atoms with Gasteiger partial charge in [-0.3, -0.25) is 9.69 Å². The number of urea groups is 1. The van der Waals surface area contributed by atoms with E-state index in [0.717, 1.165) is 19.6 Å². The Labute approximate surface area is 233 Å². The molecule has 40 heavy (non-hydrogen) atoms. The number of nitrogens with zero attached hydrogens (tertiary/aromatic N) is 1. The van der Waals surface area contributed by atoms with Crippen LogP contribution in [0.1, 0.15) is 44.7 Å². The molecule has 0 bridgehead atoms. The van der Waals surface area contributed by atoms with Crippen molar-refractivity contribution in [1.82, 2.24) is 10.2 Å². The molecule has 3 aromatic rings. The maximum absolute atomic E-state index is 13.0. The summed E-state index contributed by atoms with van der Waals surface area (Å²) in [5, 5.41) is 5.77. The lowest BCUT2D eigenvalue weighted by Crippen LogP contribution is -2.50. The second-order valence-electron chi connectivity index (χ2n) is 9.61. The molecule has 1 aliphatic heterocycles. The van der Waals surface area contributed by atoms with E-state index < -0.39 is 17.5 Å². The Hall–Kier alpha value is -4.41. The maximum Gasteiger partial charge on any atom is 0.338 e. The lowest BCUT2D eigenvalue weighted by Gasteiger charge is -2.37. The van der Waals surface area contributed by atoms with E-state index in [-0.39, 0.29) is 5.91 Å². The summed E-state index contributed by atoms with van der Waals surface area (Å²) in [6, 6.07) is 20.1. The molecule has 1 fully saturated rings. The topological polar surface area (TPSA) is 149 Å². The highest BCUT2D eigenvalue weighted by molar-refractivity contribution is 6.05. The number of methoxy groups -OCH3 is 1. The molecular weight excluding hydrogens is 510 g/mol. The number of benzene rings is 3. The normalized spacial score (nSPS) is 15.0. The molecule has 1 unspecified atom stereocenters. The molecule has 0 saturated carbocycles. The van der Waals surface area contributed by atoms with E-state index in [0.29, 0.717) is 59.7 Å². The van der Waals surface area contributed by atoms with Crippen molar-refractivity contribution in [3.8, 4) is 0 Å². The average Bonchev–Trinajstić information content (AvgIpc) is 2.98. The molecule has 10 heteroatoms. The summed E-state index contributed by atoms with van der Waals surface area (Å²) in [7, 11) is 1.31. The highest BCUT2D eigenvalue weighted by atomic mass is 16.5. The van der Waals surface area contributed by atoms with Crippen LogP contribution >= 0.6 is 0 Å². The Kier molecular flexibility index (Phi) is 9.36. The number of hydrogen-bond acceptors (Lipinski definition) is 7. The molecule has 10 nitrogen and oxygen atoms in total. The summed E-state index contributed by atoms with van der Waals surface area (Å²) in [5.74, 6) is -0.865. The minimum atomic E-state index is -1.16. The SMILES string of the molecule is COC(=O)c1ccccc1C(CCCN1CCOCC1)(NC(N)=O)c1ccc(C(=O)Nc2ccccc2N)cc1. The first-order chi connectivity index (χ1) is 19.3. The number of primary amides is 1.